The molecule has 1 N–H and O–H groups in total. The molecule has 0 aromatic heterocycles. The molecule has 44 valence electrons. The van der Waals surface area contributed by atoms with Crippen molar-refractivity contribution in [2.45, 2.75) is 5.82 Å². The Morgan fingerprint density at radius 2 is 2.14 bits per heavy atom. The van der Waals surface area contributed by atoms with Crippen LogP contribution in [-0.2, 0) is 13.7 Å². The Bertz CT molecular complexity index is 125. The van der Waals surface area contributed by atoms with Gasteiger partial charge in [-0.05, 0) is 0 Å². The van der Waals surface area contributed by atoms with E-state index in [1.807, 2.05) is 0 Å². The average Bonchev–Trinajstić information content (AvgIpc) is 1.30. The van der Waals surface area contributed by atoms with Crippen molar-refractivity contribution in [2.75, 3.05) is 0 Å². The number of hydrogen-bond donors (Lipinski definition) is 1. The molecule has 0 rings (SSSR count). The summed E-state index contributed by atoms with van der Waals surface area (Å²) in [5.41, 5.74) is 0. The third kappa shape index (κ3) is 6.39. The van der Waals surface area contributed by atoms with Crippen molar-refractivity contribution in [3.05, 3.63) is 0 Å². The summed E-state index contributed by atoms with van der Waals surface area (Å²) < 4.78 is 30.8. The van der Waals surface area contributed by atoms with Crippen LogP contribution in [0.4, 0.5) is 0 Å². The van der Waals surface area contributed by atoms with Gasteiger partial charge in [0.05, 0.1) is 0 Å². The number of hydrogen-bond acceptors (Lipinski definition) is 3. The molecular weight excluding hydrogens is 187 g/mol. The van der Waals surface area contributed by atoms with Crippen LogP contribution in [0.3, 0.4) is 0 Å². The molecule has 0 radical (unpaired) electrons. The fourth-order valence-electron chi connectivity index (χ4n) is 0.0860. The maximum absolute atomic E-state index is 9.58. The van der Waals surface area contributed by atoms with Gasteiger partial charge in [-0.25, -0.2) is 0 Å². The zero-order valence-corrected chi connectivity index (χ0v) is 6.02. The molecule has 7 heavy (non-hydrogen) atoms. The van der Waals surface area contributed by atoms with E-state index < -0.39 is 25.7 Å². The van der Waals surface area contributed by atoms with Gasteiger partial charge in [-0.3, -0.25) is 0 Å². The van der Waals surface area contributed by atoms with Crippen LogP contribution in [0.2, 0.25) is 5.82 Å². The van der Waals surface area contributed by atoms with Crippen molar-refractivity contribution in [3.63, 3.8) is 0 Å². The minimum atomic E-state index is -4.15. The summed E-state index contributed by atoms with van der Waals surface area (Å²) in [5, 5.41) is 0. The van der Waals surface area contributed by atoms with Crippen LogP contribution in [0.5, 0.6) is 0 Å². The van der Waals surface area contributed by atoms with Gasteiger partial charge in [0.15, 0.2) is 0 Å². The molecule has 0 aromatic rings. The molecule has 0 saturated carbocycles. The number of rotatable bonds is 2. The van der Waals surface area contributed by atoms with Crippen LogP contribution in [0, 0.1) is 0 Å². The fourth-order valence-corrected chi connectivity index (χ4v) is 1.34. The Labute approximate surface area is 48.3 Å². The van der Waals surface area contributed by atoms with Gasteiger partial charge >= 0.3 is 47.7 Å². The normalized spacial score (nSPS) is 11.7. The maximum atomic E-state index is 9.58. The van der Waals surface area contributed by atoms with Crippen LogP contribution in [0.25, 0.3) is 0 Å². The van der Waals surface area contributed by atoms with E-state index >= 15 is 0 Å². The van der Waals surface area contributed by atoms with Crippen LogP contribution < -0.4 is 0 Å². The fraction of sp³-hybridized carbons (Fsp3) is 1.00. The Kier molecular flexibility index (Phi) is 2.78. The van der Waals surface area contributed by atoms with Crippen molar-refractivity contribution in [1.29, 1.82) is 0 Å². The topological polar surface area (TPSA) is 63.6 Å². The molecule has 0 aromatic carbocycles. The third-order valence-corrected chi connectivity index (χ3v) is 2.40. The molecule has 0 bridgehead atoms. The Morgan fingerprint density at radius 3 is 2.14 bits per heavy atom. The first-order valence-electron chi connectivity index (χ1n) is 1.26. The van der Waals surface area contributed by atoms with Crippen molar-refractivity contribution in [1.82, 2.24) is 0 Å². The molecule has 0 unspecified atom stereocenters. The first-order chi connectivity index (χ1) is 3.06. The molecular formula is CH4O4SSe. The standard InChI is InChI=1S/CH4O4SSe/c1-7-5-6(2,3)4/h1H3,(H,2,3,4). The van der Waals surface area contributed by atoms with E-state index in [1.54, 1.807) is 0 Å². The predicted octanol–water partition coefficient (Wildman–Crippen LogP) is -0.527. The van der Waals surface area contributed by atoms with Crippen LogP contribution in [0.1, 0.15) is 0 Å². The van der Waals surface area contributed by atoms with Crippen LogP contribution >= 0.6 is 0 Å². The first kappa shape index (κ1) is 7.39. The predicted molar refractivity (Wildman–Crippen MR) is 24.3 cm³/mol. The Balaban J connectivity index is 3.60. The molecule has 6 heteroatoms. The van der Waals surface area contributed by atoms with E-state index in [9.17, 15) is 8.42 Å². The molecule has 0 amide bonds. The van der Waals surface area contributed by atoms with Crippen molar-refractivity contribution in [2.24, 2.45) is 0 Å². The van der Waals surface area contributed by atoms with Gasteiger partial charge < -0.3 is 0 Å². The SMILES string of the molecule is C[Se]OS(=O)(=O)O. The first-order valence-corrected chi connectivity index (χ1v) is 5.04. The zero-order valence-electron chi connectivity index (χ0n) is 3.49. The summed E-state index contributed by atoms with van der Waals surface area (Å²) in [6.45, 7) is 0. The van der Waals surface area contributed by atoms with Gasteiger partial charge in [-0.1, -0.05) is 0 Å². The zero-order chi connectivity index (χ0) is 5.91. The minimum absolute atomic E-state index is 0.479. The van der Waals surface area contributed by atoms with E-state index in [1.165, 1.54) is 5.82 Å². The second-order valence-corrected chi connectivity index (χ2v) is 3.21. The van der Waals surface area contributed by atoms with Gasteiger partial charge in [-0.2, -0.15) is 0 Å². The van der Waals surface area contributed by atoms with Gasteiger partial charge in [0, 0.05) is 0 Å². The van der Waals surface area contributed by atoms with Crippen LogP contribution in [-0.4, -0.2) is 28.3 Å². The van der Waals surface area contributed by atoms with E-state index in [-0.39, 0.29) is 0 Å². The summed E-state index contributed by atoms with van der Waals surface area (Å²) in [7, 11) is -4.15. The second kappa shape index (κ2) is 2.64. The summed E-state index contributed by atoms with van der Waals surface area (Å²) in [4.78, 5) is 0. The summed E-state index contributed by atoms with van der Waals surface area (Å²) in [5.74, 6) is 1.53. The van der Waals surface area contributed by atoms with E-state index in [0.29, 0.717) is 0 Å². The summed E-state index contributed by atoms with van der Waals surface area (Å²) >= 11 is -0.479. The molecule has 0 heterocycles. The molecule has 0 saturated heterocycles. The Morgan fingerprint density at radius 1 is 1.71 bits per heavy atom. The molecule has 0 spiro atoms. The summed E-state index contributed by atoms with van der Waals surface area (Å²) in [6.07, 6.45) is 0. The van der Waals surface area contributed by atoms with Gasteiger partial charge in [0.1, 0.15) is 0 Å². The van der Waals surface area contributed by atoms with E-state index in [0.717, 1.165) is 0 Å². The van der Waals surface area contributed by atoms with Crippen molar-refractivity contribution >= 4 is 25.7 Å². The van der Waals surface area contributed by atoms with Crippen LogP contribution in [0.15, 0.2) is 0 Å². The van der Waals surface area contributed by atoms with E-state index in [2.05, 4.69) is 3.27 Å². The van der Waals surface area contributed by atoms with Gasteiger partial charge in [0.25, 0.3) is 0 Å². The van der Waals surface area contributed by atoms with Gasteiger partial charge in [-0.15, -0.1) is 0 Å². The second-order valence-electron chi connectivity index (χ2n) is 0.662. The van der Waals surface area contributed by atoms with E-state index in [4.69, 9.17) is 4.55 Å². The molecule has 4 nitrogen and oxygen atoms in total. The molecule has 0 aliphatic rings. The Hall–Kier alpha value is 0.389. The summed E-state index contributed by atoms with van der Waals surface area (Å²) in [6, 6.07) is 0. The molecule has 0 aliphatic carbocycles. The quantitative estimate of drug-likeness (QED) is 0.470. The van der Waals surface area contributed by atoms with Crippen molar-refractivity contribution < 1.29 is 16.2 Å². The van der Waals surface area contributed by atoms with Crippen molar-refractivity contribution in [3.8, 4) is 0 Å². The van der Waals surface area contributed by atoms with Gasteiger partial charge in [0.2, 0.25) is 0 Å². The average molecular weight is 191 g/mol. The third-order valence-electron chi connectivity index (χ3n) is 0.154. The molecule has 0 aliphatic heterocycles. The molecule has 0 atom stereocenters. The monoisotopic (exact) mass is 192 g/mol. The molecule has 0 fully saturated rings.